The molecule has 1 aromatic rings. The van der Waals surface area contributed by atoms with Gasteiger partial charge in [-0.3, -0.25) is 0 Å². The molecule has 0 atom stereocenters. The topological polar surface area (TPSA) is 12.9 Å². The number of halogens is 1. The predicted molar refractivity (Wildman–Crippen MR) is 36.7 cm³/mol. The van der Waals surface area contributed by atoms with Gasteiger partial charge in [-0.05, 0) is 34.5 Å². The van der Waals surface area contributed by atoms with E-state index >= 15 is 0 Å². The lowest BCUT2D eigenvalue weighted by molar-refractivity contribution is 1.23. The summed E-state index contributed by atoms with van der Waals surface area (Å²) in [5, 5.41) is 0. The maximum Gasteiger partial charge on any atom is 0.106 e. The molecule has 0 aliphatic rings. The van der Waals surface area contributed by atoms with Crippen LogP contribution >= 0.6 is 15.9 Å². The summed E-state index contributed by atoms with van der Waals surface area (Å²) < 4.78 is 22.2. The van der Waals surface area contributed by atoms with E-state index in [4.69, 9.17) is 4.11 Å². The lowest BCUT2D eigenvalue weighted by Crippen LogP contribution is -1.74. The first kappa shape index (κ1) is 2.97. The third-order valence-corrected chi connectivity index (χ3v) is 1.05. The van der Waals surface area contributed by atoms with Crippen molar-refractivity contribution in [2.45, 2.75) is 6.92 Å². The van der Waals surface area contributed by atoms with Crippen molar-refractivity contribution in [1.29, 1.82) is 0 Å². The molecule has 1 aromatic heterocycles. The van der Waals surface area contributed by atoms with Gasteiger partial charge in [0.1, 0.15) is 4.60 Å². The second kappa shape index (κ2) is 2.27. The Morgan fingerprint density at radius 1 is 1.75 bits per heavy atom. The van der Waals surface area contributed by atoms with E-state index in [1.54, 1.807) is 6.92 Å². The lowest BCUT2D eigenvalue weighted by Gasteiger charge is -1.87. The highest BCUT2D eigenvalue weighted by atomic mass is 79.9. The molecule has 0 aliphatic heterocycles. The molecule has 0 fully saturated rings. The largest absolute Gasteiger partial charge is 0.249 e. The Balaban J connectivity index is 3.46. The summed E-state index contributed by atoms with van der Waals surface area (Å²) in [6.07, 6.45) is 0.0536. The number of hydrogen-bond donors (Lipinski definition) is 0. The van der Waals surface area contributed by atoms with Crippen LogP contribution < -0.4 is 0 Å². The van der Waals surface area contributed by atoms with Crippen molar-refractivity contribution in [3.05, 3.63) is 28.4 Å². The van der Waals surface area contributed by atoms with Gasteiger partial charge >= 0.3 is 0 Å². The first-order chi connectivity index (χ1) is 5.04. The molecule has 0 N–H and O–H groups in total. The zero-order valence-corrected chi connectivity index (χ0v) is 5.91. The van der Waals surface area contributed by atoms with Gasteiger partial charge in [0.15, 0.2) is 0 Å². The Labute approximate surface area is 61.1 Å². The van der Waals surface area contributed by atoms with Crippen LogP contribution in [0.25, 0.3) is 0 Å². The Kier molecular flexibility index (Phi) is 0.841. The molecule has 0 amide bonds. The van der Waals surface area contributed by atoms with E-state index in [2.05, 4.69) is 20.9 Å². The molecule has 0 saturated carbocycles. The van der Waals surface area contributed by atoms with Crippen LogP contribution in [0, 0.1) is 6.92 Å². The number of aromatic nitrogens is 1. The average Bonchev–Trinajstić information content (AvgIpc) is 1.97. The summed E-state index contributed by atoms with van der Waals surface area (Å²) in [5.41, 5.74) is 0.443. The van der Waals surface area contributed by atoms with Gasteiger partial charge in [0.05, 0.1) is 4.11 Å². The minimum Gasteiger partial charge on any atom is -0.249 e. The fourth-order valence-electron chi connectivity index (χ4n) is 0.334. The molecule has 0 radical (unpaired) electrons. The van der Waals surface area contributed by atoms with Crippen LogP contribution in [0.2, 0.25) is 0 Å². The molecular weight excluding hydrogens is 166 g/mol. The van der Waals surface area contributed by atoms with E-state index in [-0.39, 0.29) is 22.9 Å². The van der Waals surface area contributed by atoms with Crippen LogP contribution in [0.4, 0.5) is 0 Å². The molecule has 1 nitrogen and oxygen atoms in total. The highest BCUT2D eigenvalue weighted by Gasteiger charge is 1.82. The van der Waals surface area contributed by atoms with Crippen LogP contribution in [-0.4, -0.2) is 4.98 Å². The zero-order chi connectivity index (χ0) is 8.59. The van der Waals surface area contributed by atoms with Crippen LogP contribution in [0.15, 0.2) is 22.9 Å². The van der Waals surface area contributed by atoms with E-state index < -0.39 is 0 Å². The van der Waals surface area contributed by atoms with E-state index in [1.807, 2.05) is 0 Å². The van der Waals surface area contributed by atoms with E-state index in [9.17, 15) is 0 Å². The van der Waals surface area contributed by atoms with E-state index in [0.29, 0.717) is 5.56 Å². The maximum atomic E-state index is 7.35. The second-order valence-corrected chi connectivity index (χ2v) is 2.14. The normalized spacial score (nSPS) is 14.5. The Morgan fingerprint density at radius 3 is 3.25 bits per heavy atom. The molecule has 2 heteroatoms. The molecule has 1 heterocycles. The summed E-state index contributed by atoms with van der Waals surface area (Å²) in [5.74, 6) is 0. The third kappa shape index (κ3) is 1.30. The molecule has 0 aliphatic carbocycles. The van der Waals surface area contributed by atoms with Crippen LogP contribution in [-0.2, 0) is 0 Å². The molecule has 0 spiro atoms. The maximum absolute atomic E-state index is 7.35. The number of pyridine rings is 1. The quantitative estimate of drug-likeness (QED) is 0.550. The zero-order valence-electron chi connectivity index (χ0n) is 7.33. The molecule has 0 saturated heterocycles. The summed E-state index contributed by atoms with van der Waals surface area (Å²) in [6, 6.07) is 0.107. The fourth-order valence-corrected chi connectivity index (χ4v) is 0.522. The fraction of sp³-hybridized carbons (Fsp3) is 0.167. The highest BCUT2D eigenvalue weighted by Crippen LogP contribution is 2.04. The Bertz CT molecular complexity index is 274. The number of hydrogen-bond acceptors (Lipinski definition) is 1. The van der Waals surface area contributed by atoms with Crippen LogP contribution in [0.1, 0.15) is 9.68 Å². The van der Waals surface area contributed by atoms with Gasteiger partial charge in [0.2, 0.25) is 0 Å². The van der Waals surface area contributed by atoms with Crippen molar-refractivity contribution in [2.75, 3.05) is 0 Å². The lowest BCUT2D eigenvalue weighted by atomic mass is 10.3. The standard InChI is InChI=1S/C6H6BrN/c1-5-2-3-6(7)8-4-5/h2-4H,1H3/i2D,3D,4D. The molecule has 42 valence electrons. The van der Waals surface area contributed by atoms with Crippen molar-refractivity contribution in [3.8, 4) is 0 Å². The van der Waals surface area contributed by atoms with Crippen LogP contribution in [0.3, 0.4) is 0 Å². The number of rotatable bonds is 0. The van der Waals surface area contributed by atoms with Crippen LogP contribution in [0.5, 0.6) is 0 Å². The Hall–Kier alpha value is -0.370. The first-order valence-electron chi connectivity index (χ1n) is 3.64. The van der Waals surface area contributed by atoms with Gasteiger partial charge in [-0.2, -0.15) is 0 Å². The molecule has 8 heavy (non-hydrogen) atoms. The molecule has 1 rings (SSSR count). The van der Waals surface area contributed by atoms with Crippen molar-refractivity contribution in [1.82, 2.24) is 4.98 Å². The van der Waals surface area contributed by atoms with Crippen molar-refractivity contribution < 1.29 is 4.11 Å². The summed E-state index contributed by atoms with van der Waals surface area (Å²) >= 11 is 2.99. The molecule has 0 aromatic carbocycles. The van der Waals surface area contributed by atoms with E-state index in [0.717, 1.165) is 0 Å². The van der Waals surface area contributed by atoms with Gasteiger partial charge in [-0.1, -0.05) is 6.04 Å². The molecular formula is C6H6BrN. The monoisotopic (exact) mass is 174 g/mol. The summed E-state index contributed by atoms with van der Waals surface area (Å²) in [7, 11) is 0. The van der Waals surface area contributed by atoms with Gasteiger partial charge in [-0.25, -0.2) is 4.98 Å². The molecule has 0 bridgehead atoms. The van der Waals surface area contributed by atoms with Crippen molar-refractivity contribution in [3.63, 3.8) is 0 Å². The Morgan fingerprint density at radius 2 is 2.50 bits per heavy atom. The average molecular weight is 175 g/mol. The first-order valence-corrected chi connectivity index (χ1v) is 2.93. The minimum atomic E-state index is 0.0403. The third-order valence-electron chi connectivity index (χ3n) is 0.675. The van der Waals surface area contributed by atoms with Crippen molar-refractivity contribution >= 4 is 15.9 Å². The van der Waals surface area contributed by atoms with Gasteiger partial charge in [0.25, 0.3) is 0 Å². The number of nitrogens with zero attached hydrogens (tertiary/aromatic N) is 1. The minimum absolute atomic E-state index is 0.0403. The smallest absolute Gasteiger partial charge is 0.106 e. The van der Waals surface area contributed by atoms with Gasteiger partial charge in [-0.15, -0.1) is 0 Å². The summed E-state index contributed by atoms with van der Waals surface area (Å²) in [4.78, 5) is 3.71. The highest BCUT2D eigenvalue weighted by molar-refractivity contribution is 9.10. The van der Waals surface area contributed by atoms with E-state index in [1.165, 1.54) is 0 Å². The molecule has 0 unspecified atom stereocenters. The van der Waals surface area contributed by atoms with Gasteiger partial charge in [0, 0.05) is 6.17 Å². The van der Waals surface area contributed by atoms with Crippen molar-refractivity contribution in [2.24, 2.45) is 0 Å². The second-order valence-electron chi connectivity index (χ2n) is 1.39. The van der Waals surface area contributed by atoms with Gasteiger partial charge < -0.3 is 0 Å². The SMILES string of the molecule is [2H]c1nc(Br)c([2H])c([2H])c1C. The summed E-state index contributed by atoms with van der Waals surface area (Å²) in [6.45, 7) is 1.61. The predicted octanol–water partition coefficient (Wildman–Crippen LogP) is 2.15.